The zero-order valence-corrected chi connectivity index (χ0v) is 50.4. The van der Waals surface area contributed by atoms with Crippen LogP contribution in [0.5, 0.6) is 0 Å². The second kappa shape index (κ2) is 64.6. The van der Waals surface area contributed by atoms with Crippen molar-refractivity contribution in [2.75, 3.05) is 13.2 Å². The van der Waals surface area contributed by atoms with Crippen LogP contribution < -0.4 is 0 Å². The highest BCUT2D eigenvalue weighted by Crippen LogP contribution is 2.17. The van der Waals surface area contributed by atoms with E-state index in [2.05, 4.69) is 130 Å². The lowest BCUT2D eigenvalue weighted by Gasteiger charge is -2.18. The quantitative estimate of drug-likeness (QED) is 0.0261. The lowest BCUT2D eigenvalue weighted by Crippen LogP contribution is -2.30. The fourth-order valence-corrected chi connectivity index (χ4v) is 8.99. The third-order valence-corrected chi connectivity index (χ3v) is 13.8. The summed E-state index contributed by atoms with van der Waals surface area (Å²) in [6.07, 6.45) is 88.2. The van der Waals surface area contributed by atoms with Crippen molar-refractivity contribution in [2.45, 2.75) is 309 Å². The summed E-state index contributed by atoms with van der Waals surface area (Å²) in [5, 5.41) is 0. The first-order valence-corrected chi connectivity index (χ1v) is 32.4. The minimum absolute atomic E-state index is 0.100. The third kappa shape index (κ3) is 62.8. The van der Waals surface area contributed by atoms with E-state index in [-0.39, 0.29) is 37.5 Å². The van der Waals surface area contributed by atoms with E-state index in [4.69, 9.17) is 14.2 Å². The molecular weight excluding hydrogens is 949 g/mol. The summed E-state index contributed by atoms with van der Waals surface area (Å²) in [4.78, 5) is 38.3. The number of carbonyl (C=O) groups excluding carboxylic acids is 3. The largest absolute Gasteiger partial charge is 0.462 e. The van der Waals surface area contributed by atoms with Crippen molar-refractivity contribution < 1.29 is 28.6 Å². The van der Waals surface area contributed by atoms with Crippen molar-refractivity contribution >= 4 is 17.9 Å². The van der Waals surface area contributed by atoms with Crippen molar-refractivity contribution in [3.05, 3.63) is 109 Å². The predicted octanol–water partition coefficient (Wildman–Crippen LogP) is 22.2. The maximum Gasteiger partial charge on any atom is 0.306 e. The Morgan fingerprint density at radius 2 is 0.506 bits per heavy atom. The first kappa shape index (κ1) is 73.1. The van der Waals surface area contributed by atoms with Crippen LogP contribution in [0.25, 0.3) is 0 Å². The molecule has 0 aromatic carbocycles. The Balaban J connectivity index is 4.42. The smallest absolute Gasteiger partial charge is 0.306 e. The van der Waals surface area contributed by atoms with Crippen molar-refractivity contribution in [1.82, 2.24) is 0 Å². The van der Waals surface area contributed by atoms with Crippen molar-refractivity contribution in [1.29, 1.82) is 0 Å². The van der Waals surface area contributed by atoms with E-state index >= 15 is 0 Å². The van der Waals surface area contributed by atoms with Gasteiger partial charge in [-0.1, -0.05) is 291 Å². The van der Waals surface area contributed by atoms with E-state index in [0.717, 1.165) is 128 Å². The lowest BCUT2D eigenvalue weighted by molar-refractivity contribution is -0.167. The summed E-state index contributed by atoms with van der Waals surface area (Å²) in [6, 6.07) is 0. The molecule has 77 heavy (non-hydrogen) atoms. The SMILES string of the molecule is CC/C=C\C/C=C\C/C=C\C/C=C\C/C=C\C/C=C\CCCCC(=O)OC(COC(=O)CCCCCCC/C=C\C/C=C\C/C=C\CC)COC(=O)CCCCCCCCCCCCCCCCCCCCCCCCC. The molecule has 0 aliphatic carbocycles. The summed E-state index contributed by atoms with van der Waals surface area (Å²) in [6.45, 7) is 6.39. The molecule has 0 saturated heterocycles. The van der Waals surface area contributed by atoms with Crippen LogP contribution in [-0.4, -0.2) is 37.2 Å². The van der Waals surface area contributed by atoms with Gasteiger partial charge in [-0.25, -0.2) is 0 Å². The fourth-order valence-electron chi connectivity index (χ4n) is 8.99. The summed E-state index contributed by atoms with van der Waals surface area (Å²) in [5.41, 5.74) is 0. The molecule has 6 heteroatoms. The van der Waals surface area contributed by atoms with Crippen molar-refractivity contribution in [3.63, 3.8) is 0 Å². The molecule has 0 heterocycles. The minimum Gasteiger partial charge on any atom is -0.462 e. The van der Waals surface area contributed by atoms with Gasteiger partial charge in [0.15, 0.2) is 6.10 Å². The van der Waals surface area contributed by atoms with Crippen LogP contribution >= 0.6 is 0 Å². The number of carbonyl (C=O) groups is 3. The van der Waals surface area contributed by atoms with Gasteiger partial charge in [-0.3, -0.25) is 14.4 Å². The highest BCUT2D eigenvalue weighted by molar-refractivity contribution is 5.71. The molecule has 0 fully saturated rings. The highest BCUT2D eigenvalue weighted by Gasteiger charge is 2.19. The third-order valence-electron chi connectivity index (χ3n) is 13.8. The molecule has 0 amide bonds. The molecule has 1 atom stereocenters. The normalized spacial score (nSPS) is 12.8. The van der Waals surface area contributed by atoms with Gasteiger partial charge in [-0.2, -0.15) is 0 Å². The lowest BCUT2D eigenvalue weighted by atomic mass is 10.0. The van der Waals surface area contributed by atoms with Gasteiger partial charge in [0.05, 0.1) is 0 Å². The average molecular weight is 1070 g/mol. The molecule has 0 saturated carbocycles. The van der Waals surface area contributed by atoms with Crippen LogP contribution in [0.15, 0.2) is 109 Å². The van der Waals surface area contributed by atoms with Crippen molar-refractivity contribution in [2.24, 2.45) is 0 Å². The Bertz CT molecular complexity index is 1560. The second-order valence-corrected chi connectivity index (χ2v) is 21.3. The molecule has 6 nitrogen and oxygen atoms in total. The number of unbranched alkanes of at least 4 members (excludes halogenated alkanes) is 29. The summed E-state index contributed by atoms with van der Waals surface area (Å²) >= 11 is 0. The highest BCUT2D eigenvalue weighted by atomic mass is 16.6. The van der Waals surface area contributed by atoms with Gasteiger partial charge in [0.1, 0.15) is 13.2 Å². The number of allylic oxidation sites excluding steroid dienone is 18. The van der Waals surface area contributed by atoms with Crippen LogP contribution in [0.2, 0.25) is 0 Å². The van der Waals surface area contributed by atoms with E-state index < -0.39 is 6.10 Å². The van der Waals surface area contributed by atoms with Crippen LogP contribution in [-0.2, 0) is 28.6 Å². The molecule has 0 spiro atoms. The number of rotatable bonds is 58. The maximum atomic E-state index is 12.9. The number of hydrogen-bond acceptors (Lipinski definition) is 6. The molecular formula is C71H120O6. The van der Waals surface area contributed by atoms with Gasteiger partial charge in [-0.05, 0) is 103 Å². The average Bonchev–Trinajstić information content (AvgIpc) is 3.43. The molecule has 0 aromatic rings. The molecule has 0 rings (SSSR count). The standard InChI is InChI=1S/C71H120O6/c1-4-7-10-13-16-19-22-25-28-30-32-34-35-37-38-40-43-46-49-52-55-58-61-64-70(73)76-67-68(66-75-69(72)63-60-57-54-51-48-45-42-27-24-21-18-15-12-9-6-3)77-71(74)65-62-59-56-53-50-47-44-41-39-36-33-31-29-26-23-20-17-14-11-8-5-2/h8-9,11-12,17-18,20-21,26-27,29,33,36,41-42,44,50,53,68H,4-7,10,13-16,19,22-25,28,30-32,34-35,37-40,43,45-49,51-52,54-67H2,1-3H3/b11-8-,12-9-,20-17-,21-18-,29-26-,36-33-,42-27-,44-41-,53-50-. The van der Waals surface area contributed by atoms with Crippen LogP contribution in [0.3, 0.4) is 0 Å². The van der Waals surface area contributed by atoms with Gasteiger partial charge in [0.25, 0.3) is 0 Å². The summed E-state index contributed by atoms with van der Waals surface area (Å²) in [5.74, 6) is -0.953. The topological polar surface area (TPSA) is 78.9 Å². The van der Waals surface area contributed by atoms with E-state index in [0.29, 0.717) is 19.3 Å². The molecule has 0 aromatic heterocycles. The number of ether oxygens (including phenoxy) is 3. The number of hydrogen-bond donors (Lipinski definition) is 0. The molecule has 0 aliphatic heterocycles. The zero-order chi connectivity index (χ0) is 55.7. The van der Waals surface area contributed by atoms with E-state index in [1.807, 2.05) is 0 Å². The summed E-state index contributed by atoms with van der Waals surface area (Å²) in [7, 11) is 0. The first-order valence-electron chi connectivity index (χ1n) is 32.4. The maximum absolute atomic E-state index is 12.9. The van der Waals surface area contributed by atoms with E-state index in [1.165, 1.54) is 128 Å². The molecule has 0 aliphatic rings. The second-order valence-electron chi connectivity index (χ2n) is 21.3. The summed E-state index contributed by atoms with van der Waals surface area (Å²) < 4.78 is 16.9. The number of esters is 3. The fraction of sp³-hybridized carbons (Fsp3) is 0.704. The Morgan fingerprint density at radius 3 is 0.818 bits per heavy atom. The van der Waals surface area contributed by atoms with Gasteiger partial charge in [-0.15, -0.1) is 0 Å². The molecule has 0 bridgehead atoms. The van der Waals surface area contributed by atoms with Gasteiger partial charge in [0, 0.05) is 19.3 Å². The van der Waals surface area contributed by atoms with Crippen LogP contribution in [0.4, 0.5) is 0 Å². The first-order chi connectivity index (χ1) is 38.0. The van der Waals surface area contributed by atoms with Gasteiger partial charge >= 0.3 is 17.9 Å². The molecule has 0 N–H and O–H groups in total. The van der Waals surface area contributed by atoms with Gasteiger partial charge < -0.3 is 14.2 Å². The van der Waals surface area contributed by atoms with Crippen LogP contribution in [0, 0.1) is 0 Å². The van der Waals surface area contributed by atoms with E-state index in [1.54, 1.807) is 0 Å². The van der Waals surface area contributed by atoms with Crippen molar-refractivity contribution in [3.8, 4) is 0 Å². The van der Waals surface area contributed by atoms with Gasteiger partial charge in [0.2, 0.25) is 0 Å². The Labute approximate surface area is 476 Å². The Morgan fingerprint density at radius 1 is 0.273 bits per heavy atom. The monoisotopic (exact) mass is 1070 g/mol. The van der Waals surface area contributed by atoms with Crippen LogP contribution in [0.1, 0.15) is 303 Å². The molecule has 440 valence electrons. The Hall–Kier alpha value is -3.93. The molecule has 1 unspecified atom stereocenters. The Kier molecular flexibility index (Phi) is 61.3. The van der Waals surface area contributed by atoms with E-state index in [9.17, 15) is 14.4 Å². The molecule has 0 radical (unpaired) electrons. The zero-order valence-electron chi connectivity index (χ0n) is 50.4. The minimum atomic E-state index is -0.811. The predicted molar refractivity (Wildman–Crippen MR) is 334 cm³/mol.